The molecule has 5 aromatic rings. The predicted octanol–water partition coefficient (Wildman–Crippen LogP) is 10.6. The molecule has 0 N–H and O–H groups in total. The van der Waals surface area contributed by atoms with Gasteiger partial charge in [0.15, 0.2) is 0 Å². The summed E-state index contributed by atoms with van der Waals surface area (Å²) >= 11 is 16.2. The van der Waals surface area contributed by atoms with Gasteiger partial charge < -0.3 is 5.11 Å². The largest absolute Gasteiger partial charge is 0.871 e. The summed E-state index contributed by atoms with van der Waals surface area (Å²) in [7, 11) is 0. The molecular weight excluding hydrogens is 675 g/mol. The Labute approximate surface area is 296 Å². The highest BCUT2D eigenvalue weighted by Gasteiger charge is 2.31. The van der Waals surface area contributed by atoms with Crippen LogP contribution in [0.1, 0.15) is 16.7 Å². The van der Waals surface area contributed by atoms with E-state index in [-0.39, 0.29) is 11.1 Å². The van der Waals surface area contributed by atoms with E-state index in [1.165, 1.54) is 12.2 Å². The van der Waals surface area contributed by atoms with Crippen molar-refractivity contribution in [2.45, 2.75) is 0 Å². The molecule has 0 spiro atoms. The van der Waals surface area contributed by atoms with Crippen molar-refractivity contribution in [2.75, 3.05) is 0 Å². The van der Waals surface area contributed by atoms with E-state index in [4.69, 9.17) is 23.2 Å². The summed E-state index contributed by atoms with van der Waals surface area (Å²) in [5.41, 5.74) is 4.51. The molecule has 0 bridgehead atoms. The Morgan fingerprint density at radius 2 is 1.17 bits per heavy atom. The summed E-state index contributed by atoms with van der Waals surface area (Å²) in [5.74, 6) is -2.26. The van der Waals surface area contributed by atoms with E-state index in [0.717, 1.165) is 41.8 Å². The van der Waals surface area contributed by atoms with Gasteiger partial charge in [0.05, 0.1) is 10.6 Å². The van der Waals surface area contributed by atoms with Gasteiger partial charge in [-0.2, -0.15) is 0 Å². The number of allylic oxidation sites excluding steroid dienone is 6. The SMILES string of the molecule is O=C1C(=O)/C(=C/c2cc(-c3ccccc3)[s+]c(-c3ccccc3Cl)c2)C([O-])=C1/C=C1/C=C(c2ccccc2)SC(c2ccccc2Cl)=C1. The number of carbonyl (C=O) groups excluding carboxylic acids is 2. The van der Waals surface area contributed by atoms with Crippen molar-refractivity contribution in [3.8, 4) is 20.9 Å². The van der Waals surface area contributed by atoms with Crippen LogP contribution in [0.4, 0.5) is 0 Å². The van der Waals surface area contributed by atoms with Gasteiger partial charge in [0, 0.05) is 49.2 Å². The van der Waals surface area contributed by atoms with Crippen LogP contribution < -0.4 is 5.11 Å². The van der Waals surface area contributed by atoms with Crippen LogP contribution in [0, 0.1) is 0 Å². The van der Waals surface area contributed by atoms with Crippen LogP contribution in [0.5, 0.6) is 0 Å². The van der Waals surface area contributed by atoms with E-state index in [2.05, 4.69) is 0 Å². The van der Waals surface area contributed by atoms with Crippen LogP contribution in [0.25, 0.3) is 36.8 Å². The van der Waals surface area contributed by atoms with Crippen molar-refractivity contribution in [3.63, 3.8) is 0 Å². The number of benzene rings is 4. The molecule has 1 aliphatic heterocycles. The van der Waals surface area contributed by atoms with E-state index >= 15 is 0 Å². The topological polar surface area (TPSA) is 57.2 Å². The zero-order valence-electron chi connectivity index (χ0n) is 25.2. The minimum Gasteiger partial charge on any atom is -0.871 e. The maximum atomic E-state index is 13.8. The Balaban J connectivity index is 1.34. The maximum Gasteiger partial charge on any atom is 0.240 e. The van der Waals surface area contributed by atoms with Crippen LogP contribution in [-0.4, -0.2) is 11.6 Å². The molecule has 0 saturated heterocycles. The van der Waals surface area contributed by atoms with Crippen molar-refractivity contribution in [1.82, 2.24) is 0 Å². The minimum absolute atomic E-state index is 0.167. The average molecular weight is 700 g/mol. The highest BCUT2D eigenvalue weighted by atomic mass is 35.5. The first-order valence-corrected chi connectivity index (χ1v) is 17.4. The molecule has 232 valence electrons. The van der Waals surface area contributed by atoms with Crippen molar-refractivity contribution in [1.29, 1.82) is 0 Å². The lowest BCUT2D eigenvalue weighted by Gasteiger charge is -2.18. The molecule has 2 heterocycles. The molecule has 4 aromatic carbocycles. The van der Waals surface area contributed by atoms with Crippen molar-refractivity contribution < 1.29 is 14.7 Å². The molecule has 2 aliphatic rings. The molecule has 7 heteroatoms. The molecule has 0 saturated carbocycles. The molecule has 48 heavy (non-hydrogen) atoms. The lowest BCUT2D eigenvalue weighted by molar-refractivity contribution is -0.296. The third kappa shape index (κ3) is 6.51. The van der Waals surface area contributed by atoms with Crippen LogP contribution in [0.3, 0.4) is 0 Å². The standard InChI is InChI=1S/C41H24Cl2O3S2/c42-33-17-9-7-15-29(33)37-23-25(21-35(47-37)27-11-3-1-4-12-27)19-31-39(44)32(41(46)40(31)45)20-26-22-36(28-13-5-2-6-14-28)48-38(24-26)30-16-8-10-18-34(30)43/h1-24H. The third-order valence-corrected chi connectivity index (χ3v) is 10.8. The average Bonchev–Trinajstić information content (AvgIpc) is 3.31. The summed E-state index contributed by atoms with van der Waals surface area (Å²) in [5, 5.41) is 15.0. The van der Waals surface area contributed by atoms with Gasteiger partial charge in [0.25, 0.3) is 0 Å². The van der Waals surface area contributed by atoms with Gasteiger partial charge in [0.2, 0.25) is 32.7 Å². The Kier molecular flexibility index (Phi) is 9.11. The van der Waals surface area contributed by atoms with E-state index < -0.39 is 17.3 Å². The smallest absolute Gasteiger partial charge is 0.240 e. The molecule has 0 fully saturated rings. The fourth-order valence-electron chi connectivity index (χ4n) is 5.48. The zero-order chi connectivity index (χ0) is 33.2. The van der Waals surface area contributed by atoms with E-state index in [1.807, 2.05) is 133 Å². The summed E-state index contributed by atoms with van der Waals surface area (Å²) in [4.78, 5) is 30.4. The Bertz CT molecular complexity index is 2270. The van der Waals surface area contributed by atoms with Crippen LogP contribution >= 0.6 is 46.3 Å². The normalized spacial score (nSPS) is 16.5. The number of ketones is 2. The van der Waals surface area contributed by atoms with E-state index in [9.17, 15) is 14.7 Å². The number of hydrogen-bond donors (Lipinski definition) is 0. The second-order valence-corrected chi connectivity index (χ2v) is 14.0. The maximum absolute atomic E-state index is 13.8. The fourth-order valence-corrected chi connectivity index (χ4v) is 8.40. The van der Waals surface area contributed by atoms with Crippen molar-refractivity contribution in [3.05, 3.63) is 189 Å². The molecule has 1 aliphatic carbocycles. The van der Waals surface area contributed by atoms with E-state index in [0.29, 0.717) is 21.2 Å². The van der Waals surface area contributed by atoms with Gasteiger partial charge in [-0.1, -0.05) is 120 Å². The second-order valence-electron chi connectivity index (χ2n) is 11.0. The number of rotatable bonds is 6. The molecule has 1 aromatic heterocycles. The van der Waals surface area contributed by atoms with Gasteiger partial charge in [-0.25, -0.2) is 0 Å². The lowest BCUT2D eigenvalue weighted by Crippen LogP contribution is -2.10. The molecule has 7 rings (SSSR count). The molecule has 0 radical (unpaired) electrons. The van der Waals surface area contributed by atoms with Crippen LogP contribution in [0.15, 0.2) is 162 Å². The van der Waals surface area contributed by atoms with Crippen LogP contribution in [-0.2, 0) is 9.59 Å². The quantitative estimate of drug-likeness (QED) is 0.101. The highest BCUT2D eigenvalue weighted by Crippen LogP contribution is 2.46. The van der Waals surface area contributed by atoms with Crippen LogP contribution in [0.2, 0.25) is 10.0 Å². The molecule has 0 amide bonds. The zero-order valence-corrected chi connectivity index (χ0v) is 28.3. The number of hydrogen-bond acceptors (Lipinski definition) is 4. The predicted molar refractivity (Wildman–Crippen MR) is 199 cm³/mol. The monoisotopic (exact) mass is 698 g/mol. The summed E-state index contributed by atoms with van der Waals surface area (Å²) in [6.45, 7) is 0. The lowest BCUT2D eigenvalue weighted by atomic mass is 10.0. The molecule has 3 nitrogen and oxygen atoms in total. The van der Waals surface area contributed by atoms with Gasteiger partial charge >= 0.3 is 0 Å². The Morgan fingerprint density at radius 3 is 1.83 bits per heavy atom. The highest BCUT2D eigenvalue weighted by molar-refractivity contribution is 8.16. The Morgan fingerprint density at radius 1 is 0.604 bits per heavy atom. The number of Topliss-reactive ketones (excluding diaryl/α,β-unsaturated/α-hetero) is 2. The number of halogens is 2. The fraction of sp³-hybridized carbons (Fsp3) is 0. The van der Waals surface area contributed by atoms with E-state index in [1.54, 1.807) is 23.1 Å². The van der Waals surface area contributed by atoms with Gasteiger partial charge in [-0.15, -0.1) is 0 Å². The summed E-state index contributed by atoms with van der Waals surface area (Å²) in [6, 6.07) is 38.5. The van der Waals surface area contributed by atoms with Gasteiger partial charge in [-0.05, 0) is 71.3 Å². The second kappa shape index (κ2) is 13.8. The molecule has 0 atom stereocenters. The first kappa shape index (κ1) is 31.8. The third-order valence-electron chi connectivity index (χ3n) is 7.83. The summed E-state index contributed by atoms with van der Waals surface area (Å²) in [6.07, 6.45) is 6.83. The first-order chi connectivity index (χ1) is 23.4. The Hall–Kier alpha value is -4.78. The number of thioether (sulfide) groups is 1. The first-order valence-electron chi connectivity index (χ1n) is 15.0. The van der Waals surface area contributed by atoms with Crippen molar-refractivity contribution in [2.24, 2.45) is 0 Å². The number of carbonyl (C=O) groups is 2. The summed E-state index contributed by atoms with van der Waals surface area (Å²) < 4.78 is 0. The minimum atomic E-state index is -0.826. The van der Waals surface area contributed by atoms with Crippen molar-refractivity contribution >= 4 is 73.8 Å². The van der Waals surface area contributed by atoms with Gasteiger partial charge in [0.1, 0.15) is 0 Å². The molecule has 0 unspecified atom stereocenters. The molecular formula is C41H24Cl2O3S2. The van der Waals surface area contributed by atoms with Gasteiger partial charge in [-0.3, -0.25) is 9.59 Å².